The van der Waals surface area contributed by atoms with Crippen molar-refractivity contribution in [3.05, 3.63) is 82.2 Å². The van der Waals surface area contributed by atoms with Crippen LogP contribution < -0.4 is 0 Å². The van der Waals surface area contributed by atoms with Crippen LogP contribution in [0.1, 0.15) is 29.0 Å². The predicted molar refractivity (Wildman–Crippen MR) is 117 cm³/mol. The Morgan fingerprint density at radius 2 is 1.93 bits per heavy atom. The lowest BCUT2D eigenvalue weighted by atomic mass is 10.0. The number of furan rings is 1. The number of carbonyl (C=O) groups is 1. The molecule has 1 aliphatic heterocycles. The summed E-state index contributed by atoms with van der Waals surface area (Å²) in [6.45, 7) is 3.53. The van der Waals surface area contributed by atoms with Crippen molar-refractivity contribution in [2.75, 3.05) is 19.6 Å². The Hall–Kier alpha value is -2.44. The molecule has 0 bridgehead atoms. The van der Waals surface area contributed by atoms with Crippen LogP contribution in [0.25, 0.3) is 0 Å². The van der Waals surface area contributed by atoms with Crippen molar-refractivity contribution in [3.8, 4) is 0 Å². The van der Waals surface area contributed by atoms with Gasteiger partial charge >= 0.3 is 0 Å². The molecule has 1 aromatic carbocycles. The quantitative estimate of drug-likeness (QED) is 0.521. The van der Waals surface area contributed by atoms with Crippen LogP contribution in [0.4, 0.5) is 4.39 Å². The normalized spacial score (nSPS) is 15.4. The maximum atomic E-state index is 13.2. The molecule has 0 spiro atoms. The van der Waals surface area contributed by atoms with E-state index in [0.29, 0.717) is 6.54 Å². The second-order valence-electron chi connectivity index (χ2n) is 7.81. The highest BCUT2D eigenvalue weighted by molar-refractivity contribution is 7.09. The topological polar surface area (TPSA) is 36.7 Å². The summed E-state index contributed by atoms with van der Waals surface area (Å²) in [7, 11) is 0. The van der Waals surface area contributed by atoms with Crippen LogP contribution in [0.15, 0.2) is 64.6 Å². The minimum atomic E-state index is -0.284. The molecule has 3 aromatic rings. The van der Waals surface area contributed by atoms with Gasteiger partial charge in [-0.1, -0.05) is 18.2 Å². The Kier molecular flexibility index (Phi) is 6.97. The van der Waals surface area contributed by atoms with Gasteiger partial charge in [-0.2, -0.15) is 0 Å². The SMILES string of the molecule is O=C(Cc1ccc(F)cc1)N(Cc1ccco1)C1CCN(CCc2cccs2)CC1. The molecule has 1 saturated heterocycles. The molecule has 0 N–H and O–H groups in total. The van der Waals surface area contributed by atoms with Gasteiger partial charge in [-0.15, -0.1) is 11.3 Å². The van der Waals surface area contributed by atoms with Gasteiger partial charge in [0.25, 0.3) is 0 Å². The third kappa shape index (κ3) is 5.58. The molecule has 158 valence electrons. The van der Waals surface area contributed by atoms with Crippen LogP contribution in [0, 0.1) is 5.82 Å². The summed E-state index contributed by atoms with van der Waals surface area (Å²) in [6.07, 6.45) is 4.92. The average molecular weight is 427 g/mol. The summed E-state index contributed by atoms with van der Waals surface area (Å²) >= 11 is 1.81. The van der Waals surface area contributed by atoms with Crippen molar-refractivity contribution in [1.82, 2.24) is 9.80 Å². The summed E-state index contributed by atoms with van der Waals surface area (Å²) < 4.78 is 18.7. The van der Waals surface area contributed by atoms with Gasteiger partial charge in [-0.05, 0) is 60.5 Å². The lowest BCUT2D eigenvalue weighted by Crippen LogP contribution is -2.47. The van der Waals surface area contributed by atoms with Crippen LogP contribution in [-0.4, -0.2) is 41.4 Å². The smallest absolute Gasteiger partial charge is 0.227 e. The first-order chi connectivity index (χ1) is 14.7. The van der Waals surface area contributed by atoms with E-state index in [1.165, 1.54) is 17.0 Å². The molecule has 1 amide bonds. The lowest BCUT2D eigenvalue weighted by molar-refractivity contribution is -0.134. The van der Waals surface area contributed by atoms with Crippen LogP contribution in [0.5, 0.6) is 0 Å². The zero-order valence-corrected chi connectivity index (χ0v) is 17.8. The summed E-state index contributed by atoms with van der Waals surface area (Å²) in [5.41, 5.74) is 0.833. The first-order valence-electron chi connectivity index (χ1n) is 10.5. The third-order valence-electron chi connectivity index (χ3n) is 5.75. The lowest BCUT2D eigenvalue weighted by Gasteiger charge is -2.38. The number of likely N-dealkylation sites (tertiary alicyclic amines) is 1. The average Bonchev–Trinajstić information content (AvgIpc) is 3.47. The zero-order valence-electron chi connectivity index (χ0n) is 17.0. The number of hydrogen-bond acceptors (Lipinski definition) is 4. The van der Waals surface area contributed by atoms with Crippen molar-refractivity contribution in [2.45, 2.75) is 38.3 Å². The molecule has 0 radical (unpaired) electrons. The minimum absolute atomic E-state index is 0.0649. The molecule has 0 unspecified atom stereocenters. The van der Waals surface area contributed by atoms with Gasteiger partial charge in [0.05, 0.1) is 19.2 Å². The van der Waals surface area contributed by atoms with Crippen LogP contribution >= 0.6 is 11.3 Å². The first kappa shape index (κ1) is 20.8. The fourth-order valence-corrected chi connectivity index (χ4v) is 4.75. The molecule has 3 heterocycles. The van der Waals surface area contributed by atoms with Gasteiger partial charge in [-0.3, -0.25) is 4.79 Å². The standard InChI is InChI=1S/C24H27FN2O2S/c25-20-7-5-19(6-8-20)17-24(28)27(18-22-3-1-15-29-22)21-9-12-26(13-10-21)14-11-23-4-2-16-30-23/h1-8,15-16,21H,9-14,17-18H2. The van der Waals surface area contributed by atoms with Gasteiger partial charge in [-0.25, -0.2) is 4.39 Å². The molecule has 0 atom stereocenters. The first-order valence-corrected chi connectivity index (χ1v) is 11.4. The Morgan fingerprint density at radius 1 is 1.13 bits per heavy atom. The van der Waals surface area contributed by atoms with Gasteiger partial charge in [0, 0.05) is 30.6 Å². The van der Waals surface area contributed by atoms with Crippen molar-refractivity contribution >= 4 is 17.2 Å². The molecule has 30 heavy (non-hydrogen) atoms. The Bertz CT molecular complexity index is 901. The fourth-order valence-electron chi connectivity index (χ4n) is 4.05. The summed E-state index contributed by atoms with van der Waals surface area (Å²) in [4.78, 5) is 19.0. The number of carbonyl (C=O) groups excluding carboxylic acids is 1. The number of amides is 1. The van der Waals surface area contributed by atoms with Gasteiger partial charge in [0.15, 0.2) is 0 Å². The summed E-state index contributed by atoms with van der Waals surface area (Å²) in [6, 6.07) is 14.4. The van der Waals surface area contributed by atoms with E-state index in [9.17, 15) is 9.18 Å². The number of thiophene rings is 1. The van der Waals surface area contributed by atoms with E-state index < -0.39 is 0 Å². The molecule has 0 saturated carbocycles. The second kappa shape index (κ2) is 10.0. The monoisotopic (exact) mass is 426 g/mol. The van der Waals surface area contributed by atoms with E-state index in [-0.39, 0.29) is 24.2 Å². The largest absolute Gasteiger partial charge is 0.467 e. The van der Waals surface area contributed by atoms with Crippen LogP contribution in [-0.2, 0) is 24.2 Å². The molecule has 1 aliphatic rings. The number of hydrogen-bond donors (Lipinski definition) is 0. The maximum Gasteiger partial charge on any atom is 0.227 e. The second-order valence-corrected chi connectivity index (χ2v) is 8.84. The van der Waals surface area contributed by atoms with E-state index >= 15 is 0 Å². The number of nitrogens with zero attached hydrogens (tertiary/aromatic N) is 2. The summed E-state index contributed by atoms with van der Waals surface area (Å²) in [5, 5.41) is 2.13. The molecular formula is C24H27FN2O2S. The number of rotatable bonds is 8. The van der Waals surface area contributed by atoms with E-state index in [1.807, 2.05) is 28.4 Å². The highest BCUT2D eigenvalue weighted by atomic mass is 32.1. The molecule has 0 aliphatic carbocycles. The van der Waals surface area contributed by atoms with E-state index in [4.69, 9.17) is 4.42 Å². The van der Waals surface area contributed by atoms with Crippen molar-refractivity contribution in [2.24, 2.45) is 0 Å². The summed E-state index contributed by atoms with van der Waals surface area (Å²) in [5.74, 6) is 0.575. The zero-order chi connectivity index (χ0) is 20.8. The molecule has 2 aromatic heterocycles. The minimum Gasteiger partial charge on any atom is -0.467 e. The molecule has 4 nitrogen and oxygen atoms in total. The molecular weight excluding hydrogens is 399 g/mol. The van der Waals surface area contributed by atoms with Gasteiger partial charge in [0.2, 0.25) is 5.91 Å². The molecule has 4 rings (SSSR count). The Morgan fingerprint density at radius 3 is 2.60 bits per heavy atom. The highest BCUT2D eigenvalue weighted by Gasteiger charge is 2.28. The number of benzene rings is 1. The Labute approximate surface area is 180 Å². The Balaban J connectivity index is 1.37. The van der Waals surface area contributed by atoms with Crippen molar-refractivity contribution < 1.29 is 13.6 Å². The molecule has 6 heteroatoms. The van der Waals surface area contributed by atoms with Crippen LogP contribution in [0.2, 0.25) is 0 Å². The van der Waals surface area contributed by atoms with Crippen molar-refractivity contribution in [3.63, 3.8) is 0 Å². The van der Waals surface area contributed by atoms with E-state index in [2.05, 4.69) is 22.4 Å². The third-order valence-corrected chi connectivity index (χ3v) is 6.68. The number of halogens is 1. The van der Waals surface area contributed by atoms with Gasteiger partial charge in [0.1, 0.15) is 11.6 Å². The highest BCUT2D eigenvalue weighted by Crippen LogP contribution is 2.22. The fraction of sp³-hybridized carbons (Fsp3) is 0.375. The molecule has 1 fully saturated rings. The van der Waals surface area contributed by atoms with Crippen LogP contribution in [0.3, 0.4) is 0 Å². The predicted octanol–water partition coefficient (Wildman–Crippen LogP) is 4.76. The van der Waals surface area contributed by atoms with Gasteiger partial charge < -0.3 is 14.2 Å². The number of piperidine rings is 1. The van der Waals surface area contributed by atoms with Crippen molar-refractivity contribution in [1.29, 1.82) is 0 Å². The maximum absolute atomic E-state index is 13.2. The van der Waals surface area contributed by atoms with E-state index in [0.717, 1.165) is 50.2 Å². The van der Waals surface area contributed by atoms with E-state index in [1.54, 1.807) is 18.4 Å².